The van der Waals surface area contributed by atoms with Crippen LogP contribution in [0.3, 0.4) is 0 Å². The first-order chi connectivity index (χ1) is 14.7. The number of rotatable bonds is 4. The zero-order valence-corrected chi connectivity index (χ0v) is 16.8. The molecular weight excluding hydrogens is 408 g/mol. The molecule has 0 spiro atoms. The SMILES string of the molecule is C=CC(=O)C1CCC(c2cccc3c2C=C(C(F)(F)F)C(C2C=CC=C2F)C3=O)CC1. The second kappa shape index (κ2) is 8.06. The van der Waals surface area contributed by atoms with Crippen LogP contribution in [0.15, 0.2) is 60.5 Å². The van der Waals surface area contributed by atoms with E-state index in [9.17, 15) is 27.2 Å². The van der Waals surface area contributed by atoms with Gasteiger partial charge in [0.05, 0.1) is 5.92 Å². The van der Waals surface area contributed by atoms with Gasteiger partial charge in [-0.2, -0.15) is 13.2 Å². The predicted molar refractivity (Wildman–Crippen MR) is 110 cm³/mol. The third kappa shape index (κ3) is 3.84. The Hall–Kier alpha value is -2.76. The van der Waals surface area contributed by atoms with Crippen molar-refractivity contribution in [2.24, 2.45) is 17.8 Å². The molecule has 1 saturated carbocycles. The summed E-state index contributed by atoms with van der Waals surface area (Å²) in [6, 6.07) is 4.95. The van der Waals surface area contributed by atoms with E-state index in [2.05, 4.69) is 6.58 Å². The Bertz CT molecular complexity index is 1020. The average Bonchev–Trinajstić information content (AvgIpc) is 3.17. The quantitative estimate of drug-likeness (QED) is 0.403. The van der Waals surface area contributed by atoms with Crippen LogP contribution in [-0.4, -0.2) is 17.7 Å². The fourth-order valence-electron chi connectivity index (χ4n) is 5.08. The van der Waals surface area contributed by atoms with Gasteiger partial charge in [0.2, 0.25) is 0 Å². The molecule has 0 N–H and O–H groups in total. The smallest absolute Gasteiger partial charge is 0.295 e. The highest BCUT2D eigenvalue weighted by atomic mass is 19.4. The van der Waals surface area contributed by atoms with E-state index in [1.807, 2.05) is 0 Å². The summed E-state index contributed by atoms with van der Waals surface area (Å²) in [4.78, 5) is 25.1. The van der Waals surface area contributed by atoms with Gasteiger partial charge in [-0.15, -0.1) is 0 Å². The maximum absolute atomic E-state index is 14.2. The molecule has 3 aliphatic carbocycles. The molecule has 0 radical (unpaired) electrons. The van der Waals surface area contributed by atoms with Crippen LogP contribution in [-0.2, 0) is 4.79 Å². The van der Waals surface area contributed by atoms with Gasteiger partial charge in [0.15, 0.2) is 11.6 Å². The summed E-state index contributed by atoms with van der Waals surface area (Å²) >= 11 is 0. The minimum atomic E-state index is -4.75. The maximum Gasteiger partial charge on any atom is 0.413 e. The lowest BCUT2D eigenvalue weighted by molar-refractivity contribution is -0.119. The van der Waals surface area contributed by atoms with Crippen LogP contribution in [0.25, 0.3) is 6.08 Å². The van der Waals surface area contributed by atoms with Gasteiger partial charge < -0.3 is 0 Å². The van der Waals surface area contributed by atoms with Crippen molar-refractivity contribution in [2.45, 2.75) is 37.8 Å². The van der Waals surface area contributed by atoms with E-state index >= 15 is 0 Å². The number of halogens is 4. The van der Waals surface area contributed by atoms with Crippen molar-refractivity contribution in [3.63, 3.8) is 0 Å². The summed E-state index contributed by atoms with van der Waals surface area (Å²) in [5, 5.41) is 0. The highest BCUT2D eigenvalue weighted by molar-refractivity contribution is 6.06. The molecule has 1 fully saturated rings. The second-order valence-electron chi connectivity index (χ2n) is 8.37. The Labute approximate surface area is 178 Å². The summed E-state index contributed by atoms with van der Waals surface area (Å²) in [5.41, 5.74) is 0.162. The number of carbonyl (C=O) groups excluding carboxylic acids is 2. The Morgan fingerprint density at radius 1 is 1.13 bits per heavy atom. The molecule has 3 aliphatic rings. The van der Waals surface area contributed by atoms with Crippen LogP contribution >= 0.6 is 0 Å². The molecule has 4 rings (SSSR count). The number of hydrogen-bond donors (Lipinski definition) is 0. The Morgan fingerprint density at radius 3 is 2.42 bits per heavy atom. The lowest BCUT2D eigenvalue weighted by Gasteiger charge is -2.33. The number of benzene rings is 1. The third-order valence-electron chi connectivity index (χ3n) is 6.67. The summed E-state index contributed by atoms with van der Waals surface area (Å²) < 4.78 is 56.1. The zero-order chi connectivity index (χ0) is 22.3. The summed E-state index contributed by atoms with van der Waals surface area (Å²) in [5.74, 6) is -4.46. The molecule has 31 heavy (non-hydrogen) atoms. The molecule has 2 atom stereocenters. The van der Waals surface area contributed by atoms with Crippen molar-refractivity contribution in [2.75, 3.05) is 0 Å². The van der Waals surface area contributed by atoms with Gasteiger partial charge in [-0.25, -0.2) is 4.39 Å². The number of hydrogen-bond acceptors (Lipinski definition) is 2. The number of Topliss-reactive ketones (excluding diaryl/α,β-unsaturated/α-hetero) is 1. The van der Waals surface area contributed by atoms with Crippen LogP contribution in [0, 0.1) is 17.8 Å². The Kier molecular flexibility index (Phi) is 5.58. The van der Waals surface area contributed by atoms with Crippen molar-refractivity contribution in [1.82, 2.24) is 0 Å². The van der Waals surface area contributed by atoms with E-state index in [0.717, 1.165) is 12.2 Å². The molecule has 2 unspecified atom stereocenters. The summed E-state index contributed by atoms with van der Waals surface area (Å²) in [6.45, 7) is 3.52. The molecular formula is C25H22F4O2. The van der Waals surface area contributed by atoms with Gasteiger partial charge in [0.25, 0.3) is 0 Å². The van der Waals surface area contributed by atoms with E-state index in [-0.39, 0.29) is 28.7 Å². The van der Waals surface area contributed by atoms with Gasteiger partial charge >= 0.3 is 6.18 Å². The highest BCUT2D eigenvalue weighted by Gasteiger charge is 2.49. The molecule has 0 aliphatic heterocycles. The number of carbonyl (C=O) groups is 2. The molecule has 1 aromatic rings. The van der Waals surface area contributed by atoms with E-state index in [1.54, 1.807) is 12.1 Å². The van der Waals surface area contributed by atoms with Crippen LogP contribution in [0.1, 0.15) is 53.1 Å². The van der Waals surface area contributed by atoms with Crippen LogP contribution in [0.5, 0.6) is 0 Å². The Balaban J connectivity index is 1.73. The number of fused-ring (bicyclic) bond motifs is 1. The fraction of sp³-hybridized carbons (Fsp3) is 0.360. The predicted octanol–water partition coefficient (Wildman–Crippen LogP) is 6.51. The topological polar surface area (TPSA) is 34.1 Å². The van der Waals surface area contributed by atoms with Crippen molar-refractivity contribution in [3.05, 3.63) is 77.2 Å². The largest absolute Gasteiger partial charge is 0.413 e. The van der Waals surface area contributed by atoms with Crippen molar-refractivity contribution in [3.8, 4) is 0 Å². The first kappa shape index (κ1) is 21.5. The van der Waals surface area contributed by atoms with E-state index in [0.29, 0.717) is 31.2 Å². The van der Waals surface area contributed by atoms with Crippen molar-refractivity contribution < 1.29 is 27.2 Å². The molecule has 0 amide bonds. The lowest BCUT2D eigenvalue weighted by Crippen LogP contribution is -2.34. The second-order valence-corrected chi connectivity index (χ2v) is 8.37. The molecule has 0 saturated heterocycles. The molecule has 1 aromatic carbocycles. The summed E-state index contributed by atoms with van der Waals surface area (Å²) in [6.07, 6.45) is 3.92. The number of allylic oxidation sites excluding steroid dienone is 6. The van der Waals surface area contributed by atoms with Gasteiger partial charge in [0.1, 0.15) is 5.83 Å². The minimum Gasteiger partial charge on any atom is -0.295 e. The van der Waals surface area contributed by atoms with Crippen LogP contribution in [0.4, 0.5) is 17.6 Å². The molecule has 0 heterocycles. The first-order valence-electron chi connectivity index (χ1n) is 10.4. The van der Waals surface area contributed by atoms with Crippen LogP contribution in [0.2, 0.25) is 0 Å². The summed E-state index contributed by atoms with van der Waals surface area (Å²) in [7, 11) is 0. The Morgan fingerprint density at radius 2 is 1.84 bits per heavy atom. The fourth-order valence-corrected chi connectivity index (χ4v) is 5.08. The monoisotopic (exact) mass is 430 g/mol. The molecule has 162 valence electrons. The van der Waals surface area contributed by atoms with Gasteiger partial charge in [-0.1, -0.05) is 36.9 Å². The normalized spacial score (nSPS) is 28.1. The average molecular weight is 430 g/mol. The standard InChI is InChI=1S/C25H22F4O2/c1-2-22(30)15-11-9-14(10-12-15)16-5-3-6-17-19(16)13-20(25(27,28)29)23(24(17)31)18-7-4-8-21(18)26/h2-8,13-15,18,23H,1,9-12H2. The number of alkyl halides is 3. The molecule has 2 nitrogen and oxygen atoms in total. The highest BCUT2D eigenvalue weighted by Crippen LogP contribution is 2.48. The molecule has 6 heteroatoms. The van der Waals surface area contributed by atoms with Crippen molar-refractivity contribution >= 4 is 17.6 Å². The third-order valence-corrected chi connectivity index (χ3v) is 6.67. The van der Waals surface area contributed by atoms with E-state index in [1.165, 1.54) is 24.3 Å². The van der Waals surface area contributed by atoms with Gasteiger partial charge in [-0.3, -0.25) is 9.59 Å². The molecule has 0 bridgehead atoms. The van der Waals surface area contributed by atoms with E-state index in [4.69, 9.17) is 0 Å². The minimum absolute atomic E-state index is 0.00878. The van der Waals surface area contributed by atoms with Crippen molar-refractivity contribution in [1.29, 1.82) is 0 Å². The number of ketones is 2. The van der Waals surface area contributed by atoms with E-state index < -0.39 is 35.2 Å². The lowest BCUT2D eigenvalue weighted by atomic mass is 9.71. The first-order valence-corrected chi connectivity index (χ1v) is 10.4. The zero-order valence-electron chi connectivity index (χ0n) is 16.8. The maximum atomic E-state index is 14.2. The van der Waals surface area contributed by atoms with Crippen LogP contribution < -0.4 is 0 Å². The van der Waals surface area contributed by atoms with Gasteiger partial charge in [-0.05, 0) is 61.0 Å². The molecule has 0 aromatic heterocycles. The van der Waals surface area contributed by atoms with Gasteiger partial charge in [0, 0.05) is 23.0 Å².